The molecule has 0 saturated carbocycles. The second kappa shape index (κ2) is 5.95. The molecule has 0 bridgehead atoms. The van der Waals surface area contributed by atoms with E-state index in [-0.39, 0.29) is 0 Å². The van der Waals surface area contributed by atoms with E-state index in [2.05, 4.69) is 33.8 Å². The molecule has 0 heterocycles. The highest BCUT2D eigenvalue weighted by Gasteiger charge is 2.16. The van der Waals surface area contributed by atoms with Gasteiger partial charge < -0.3 is 11.5 Å². The van der Waals surface area contributed by atoms with Gasteiger partial charge >= 0.3 is 0 Å². The van der Waals surface area contributed by atoms with Crippen molar-refractivity contribution >= 4 is 11.4 Å². The summed E-state index contributed by atoms with van der Waals surface area (Å²) in [5, 5.41) is 0. The highest BCUT2D eigenvalue weighted by molar-refractivity contribution is 5.66. The van der Waals surface area contributed by atoms with Crippen LogP contribution in [-0.4, -0.2) is 0 Å². The summed E-state index contributed by atoms with van der Waals surface area (Å²) in [7, 11) is 0. The minimum atomic E-state index is 0.437. The van der Waals surface area contributed by atoms with Gasteiger partial charge in [0, 0.05) is 16.9 Å². The van der Waals surface area contributed by atoms with E-state index < -0.39 is 0 Å². The van der Waals surface area contributed by atoms with Gasteiger partial charge in [-0.15, -0.1) is 0 Å². The van der Waals surface area contributed by atoms with Crippen molar-refractivity contribution in [1.82, 2.24) is 0 Å². The average molecular weight is 234 g/mol. The lowest BCUT2D eigenvalue weighted by Gasteiger charge is -2.20. The predicted octanol–water partition coefficient (Wildman–Crippen LogP) is 3.95. The zero-order chi connectivity index (χ0) is 13.0. The molecular formula is C15H26N2. The van der Waals surface area contributed by atoms with Crippen molar-refractivity contribution in [2.45, 2.75) is 52.9 Å². The number of nitrogens with two attached hydrogens (primary N) is 2. The van der Waals surface area contributed by atoms with Crippen LogP contribution in [-0.2, 0) is 6.42 Å². The van der Waals surface area contributed by atoms with E-state index in [0.717, 1.165) is 36.2 Å². The molecule has 0 aliphatic rings. The monoisotopic (exact) mass is 234 g/mol. The summed E-state index contributed by atoms with van der Waals surface area (Å²) in [5.74, 6) is 1.10. The Balaban J connectivity index is 3.08. The summed E-state index contributed by atoms with van der Waals surface area (Å²) in [6.45, 7) is 8.86. The van der Waals surface area contributed by atoms with Crippen LogP contribution in [0, 0.1) is 5.92 Å². The highest BCUT2D eigenvalue weighted by atomic mass is 14.6. The van der Waals surface area contributed by atoms with Gasteiger partial charge in [-0.1, -0.05) is 40.2 Å². The maximum absolute atomic E-state index is 6.27. The van der Waals surface area contributed by atoms with Crippen molar-refractivity contribution in [3.63, 3.8) is 0 Å². The van der Waals surface area contributed by atoms with Gasteiger partial charge in [0.1, 0.15) is 0 Å². The van der Waals surface area contributed by atoms with Gasteiger partial charge in [0.05, 0.1) is 0 Å². The van der Waals surface area contributed by atoms with Crippen LogP contribution in [0.5, 0.6) is 0 Å². The van der Waals surface area contributed by atoms with Gasteiger partial charge in [0.25, 0.3) is 0 Å². The Labute approximate surface area is 105 Å². The lowest BCUT2D eigenvalue weighted by molar-refractivity contribution is 0.525. The van der Waals surface area contributed by atoms with E-state index in [1.54, 1.807) is 0 Å². The molecule has 1 unspecified atom stereocenters. The molecule has 0 fully saturated rings. The third-order valence-corrected chi connectivity index (χ3v) is 3.25. The van der Waals surface area contributed by atoms with Crippen LogP contribution in [0.25, 0.3) is 0 Å². The van der Waals surface area contributed by atoms with E-state index in [1.807, 2.05) is 6.07 Å². The first-order valence-electron chi connectivity index (χ1n) is 6.64. The Morgan fingerprint density at radius 3 is 2.29 bits per heavy atom. The molecule has 0 amide bonds. The number of rotatable bonds is 5. The van der Waals surface area contributed by atoms with Gasteiger partial charge in [0.2, 0.25) is 0 Å². The third-order valence-electron chi connectivity index (χ3n) is 3.25. The van der Waals surface area contributed by atoms with Crippen molar-refractivity contribution in [2.24, 2.45) is 5.92 Å². The summed E-state index contributed by atoms with van der Waals surface area (Å²) in [6.07, 6.45) is 3.28. The lowest BCUT2D eigenvalue weighted by Crippen LogP contribution is -2.09. The summed E-state index contributed by atoms with van der Waals surface area (Å²) >= 11 is 0. The minimum Gasteiger partial charge on any atom is -0.398 e. The lowest BCUT2D eigenvalue weighted by atomic mass is 9.88. The average Bonchev–Trinajstić information content (AvgIpc) is 2.21. The van der Waals surface area contributed by atoms with E-state index in [4.69, 9.17) is 11.5 Å². The van der Waals surface area contributed by atoms with Crippen LogP contribution < -0.4 is 11.5 Å². The first-order chi connectivity index (χ1) is 7.97. The Bertz CT molecular complexity index is 369. The molecule has 0 saturated heterocycles. The third kappa shape index (κ3) is 3.39. The Kier molecular flexibility index (Phi) is 4.86. The van der Waals surface area contributed by atoms with Gasteiger partial charge in [-0.25, -0.2) is 0 Å². The number of aryl methyl sites for hydroxylation is 1. The van der Waals surface area contributed by atoms with Crippen LogP contribution in [0.15, 0.2) is 12.1 Å². The zero-order valence-corrected chi connectivity index (χ0v) is 11.6. The Morgan fingerprint density at radius 2 is 1.76 bits per heavy atom. The van der Waals surface area contributed by atoms with Crippen molar-refractivity contribution in [1.29, 1.82) is 0 Å². The van der Waals surface area contributed by atoms with Crippen molar-refractivity contribution in [3.05, 3.63) is 23.3 Å². The summed E-state index contributed by atoms with van der Waals surface area (Å²) in [4.78, 5) is 0. The fourth-order valence-corrected chi connectivity index (χ4v) is 2.56. The van der Waals surface area contributed by atoms with Crippen LogP contribution >= 0.6 is 0 Å². The molecule has 96 valence electrons. The topological polar surface area (TPSA) is 52.0 Å². The molecule has 0 spiro atoms. The minimum absolute atomic E-state index is 0.437. The molecule has 1 aromatic rings. The molecule has 0 aliphatic heterocycles. The molecule has 0 radical (unpaired) electrons. The smallest absolute Gasteiger partial charge is 0.0402 e. The molecule has 1 aromatic carbocycles. The molecule has 1 rings (SSSR count). The highest BCUT2D eigenvalue weighted by Crippen LogP contribution is 2.34. The maximum atomic E-state index is 6.27. The number of benzene rings is 1. The van der Waals surface area contributed by atoms with E-state index in [1.165, 1.54) is 5.56 Å². The number of anilines is 2. The molecule has 0 aromatic heterocycles. The second-order valence-corrected chi connectivity index (χ2v) is 5.42. The van der Waals surface area contributed by atoms with Crippen molar-refractivity contribution in [3.8, 4) is 0 Å². The maximum Gasteiger partial charge on any atom is 0.0402 e. The molecule has 0 aliphatic carbocycles. The van der Waals surface area contributed by atoms with E-state index in [0.29, 0.717) is 11.8 Å². The van der Waals surface area contributed by atoms with Gasteiger partial charge in [-0.2, -0.15) is 0 Å². The standard InChI is InChI=1S/C15H26N2/c1-5-6-12-7-8-13(16)14(15(12)17)11(4)9-10(2)3/h7-8,10-11H,5-6,9,16-17H2,1-4H3. The van der Waals surface area contributed by atoms with E-state index in [9.17, 15) is 0 Å². The Hall–Kier alpha value is -1.18. The normalized spacial score (nSPS) is 13.0. The van der Waals surface area contributed by atoms with Crippen molar-refractivity contribution < 1.29 is 0 Å². The zero-order valence-electron chi connectivity index (χ0n) is 11.6. The van der Waals surface area contributed by atoms with Gasteiger partial charge in [-0.3, -0.25) is 0 Å². The molecule has 1 atom stereocenters. The van der Waals surface area contributed by atoms with Crippen LogP contribution in [0.4, 0.5) is 11.4 Å². The molecule has 2 nitrogen and oxygen atoms in total. The number of hydrogen-bond acceptors (Lipinski definition) is 2. The summed E-state index contributed by atoms with van der Waals surface area (Å²) in [5.41, 5.74) is 16.5. The summed E-state index contributed by atoms with van der Waals surface area (Å²) < 4.78 is 0. The SMILES string of the molecule is CCCc1ccc(N)c(C(C)CC(C)C)c1N. The number of nitrogen functional groups attached to an aromatic ring is 2. The quantitative estimate of drug-likeness (QED) is 0.758. The van der Waals surface area contributed by atoms with Crippen molar-refractivity contribution in [2.75, 3.05) is 11.5 Å². The van der Waals surface area contributed by atoms with E-state index >= 15 is 0 Å². The molecule has 17 heavy (non-hydrogen) atoms. The fraction of sp³-hybridized carbons (Fsp3) is 0.600. The van der Waals surface area contributed by atoms with Gasteiger partial charge in [0.15, 0.2) is 0 Å². The fourth-order valence-electron chi connectivity index (χ4n) is 2.56. The van der Waals surface area contributed by atoms with Crippen LogP contribution in [0.1, 0.15) is 57.6 Å². The molecule has 2 heteroatoms. The molecular weight excluding hydrogens is 208 g/mol. The second-order valence-electron chi connectivity index (χ2n) is 5.42. The largest absolute Gasteiger partial charge is 0.398 e. The molecule has 4 N–H and O–H groups in total. The summed E-state index contributed by atoms with van der Waals surface area (Å²) in [6, 6.07) is 4.08. The van der Waals surface area contributed by atoms with Gasteiger partial charge in [-0.05, 0) is 36.3 Å². The predicted molar refractivity (Wildman–Crippen MR) is 77.1 cm³/mol. The number of hydrogen-bond donors (Lipinski definition) is 2. The Morgan fingerprint density at radius 1 is 1.12 bits per heavy atom. The van der Waals surface area contributed by atoms with Crippen LogP contribution in [0.2, 0.25) is 0 Å². The first kappa shape index (κ1) is 13.9. The van der Waals surface area contributed by atoms with Crippen LogP contribution in [0.3, 0.4) is 0 Å². The first-order valence-corrected chi connectivity index (χ1v) is 6.64.